The van der Waals surface area contributed by atoms with Crippen LogP contribution in [-0.2, 0) is 19.8 Å². The molecule has 2 heterocycles. The molecule has 0 bridgehead atoms. The maximum Gasteiger partial charge on any atom is 0.271 e. The number of carbonyl (C=O) groups excluding carboxylic acids is 2. The zero-order valence-corrected chi connectivity index (χ0v) is 20.8. The third kappa shape index (κ3) is 3.66. The molecule has 6 rings (SSSR count). The maximum absolute atomic E-state index is 14.7. The Balaban J connectivity index is 1.60. The summed E-state index contributed by atoms with van der Waals surface area (Å²) in [4.78, 5) is 47.1. The number of methoxy groups -OCH3 is 1. The second kappa shape index (κ2) is 9.38. The predicted octanol–water partition coefficient (Wildman–Crippen LogP) is 4.98. The fourth-order valence-corrected chi connectivity index (χ4v) is 5.56. The minimum Gasteiger partial charge on any atom is -0.497 e. The Morgan fingerprint density at radius 3 is 2.13 bits per heavy atom. The van der Waals surface area contributed by atoms with Crippen LogP contribution < -0.4 is 14.7 Å². The Kier molecular flexibility index (Phi) is 5.85. The van der Waals surface area contributed by atoms with Gasteiger partial charge in [0.05, 0.1) is 23.4 Å². The van der Waals surface area contributed by atoms with Gasteiger partial charge in [-0.1, -0.05) is 66.7 Å². The minimum atomic E-state index is -1.49. The molecule has 2 fully saturated rings. The minimum absolute atomic E-state index is 0.118. The monoisotopic (exact) mass is 521 g/mol. The number of nitro groups is 1. The van der Waals surface area contributed by atoms with E-state index >= 15 is 0 Å². The van der Waals surface area contributed by atoms with E-state index in [1.54, 1.807) is 24.3 Å². The molecule has 2 aliphatic rings. The number of rotatable bonds is 6. The molecule has 2 saturated heterocycles. The van der Waals surface area contributed by atoms with E-state index in [1.807, 2.05) is 72.8 Å². The van der Waals surface area contributed by atoms with Gasteiger partial charge in [-0.25, -0.2) is 9.96 Å². The van der Waals surface area contributed by atoms with E-state index in [0.717, 1.165) is 10.5 Å². The van der Waals surface area contributed by atoms with Crippen molar-refractivity contribution in [2.24, 2.45) is 0 Å². The molecule has 0 N–H and O–H groups in total. The van der Waals surface area contributed by atoms with E-state index in [1.165, 1.54) is 24.3 Å². The summed E-state index contributed by atoms with van der Waals surface area (Å²) in [6.07, 6.45) is -1.22. The van der Waals surface area contributed by atoms with Gasteiger partial charge in [-0.15, -0.1) is 0 Å². The average Bonchev–Trinajstić information content (AvgIpc) is 3.45. The van der Waals surface area contributed by atoms with Crippen molar-refractivity contribution in [2.75, 3.05) is 17.1 Å². The van der Waals surface area contributed by atoms with Gasteiger partial charge >= 0.3 is 0 Å². The normalized spacial score (nSPS) is 22.2. The molecule has 0 spiro atoms. The summed E-state index contributed by atoms with van der Waals surface area (Å²) in [6, 6.07) is 30.4. The Morgan fingerprint density at radius 2 is 1.49 bits per heavy atom. The van der Waals surface area contributed by atoms with Crippen LogP contribution in [0.5, 0.6) is 5.75 Å². The molecule has 2 amide bonds. The molecule has 0 aliphatic carbocycles. The number of fused-ring (bicyclic) bond motifs is 1. The van der Waals surface area contributed by atoms with Gasteiger partial charge in [0.25, 0.3) is 11.6 Å². The molecule has 0 radical (unpaired) electrons. The fraction of sp³-hybridized carbons (Fsp3) is 0.133. The molecule has 3 atom stereocenters. The molecule has 194 valence electrons. The Bertz CT molecular complexity index is 1560. The quantitative estimate of drug-likeness (QED) is 0.200. The van der Waals surface area contributed by atoms with Crippen LogP contribution in [0, 0.1) is 10.1 Å². The topological polar surface area (TPSA) is 102 Å². The van der Waals surface area contributed by atoms with Gasteiger partial charge in [-0.05, 0) is 41.5 Å². The number of hydrogen-bond acceptors (Lipinski definition) is 7. The van der Waals surface area contributed by atoms with Crippen molar-refractivity contribution in [1.82, 2.24) is 0 Å². The molecular weight excluding hydrogens is 498 g/mol. The van der Waals surface area contributed by atoms with Crippen LogP contribution in [0.25, 0.3) is 0 Å². The number of hydrogen-bond donors (Lipinski definition) is 0. The van der Waals surface area contributed by atoms with Crippen LogP contribution in [0.2, 0.25) is 0 Å². The summed E-state index contributed by atoms with van der Waals surface area (Å²) in [5.74, 6) is -0.481. The van der Waals surface area contributed by atoms with Gasteiger partial charge < -0.3 is 4.74 Å². The van der Waals surface area contributed by atoms with Crippen molar-refractivity contribution in [3.05, 3.63) is 130 Å². The summed E-state index contributed by atoms with van der Waals surface area (Å²) in [5, 5.41) is 13.1. The van der Waals surface area contributed by atoms with Crippen molar-refractivity contribution in [3.8, 4) is 5.75 Å². The van der Waals surface area contributed by atoms with Crippen LogP contribution in [-0.4, -0.2) is 30.0 Å². The van der Waals surface area contributed by atoms with Crippen LogP contribution in [0.1, 0.15) is 17.2 Å². The highest BCUT2D eigenvalue weighted by Crippen LogP contribution is 2.57. The van der Waals surface area contributed by atoms with Crippen molar-refractivity contribution in [3.63, 3.8) is 0 Å². The van der Waals surface area contributed by atoms with Crippen LogP contribution in [0.3, 0.4) is 0 Å². The van der Waals surface area contributed by atoms with Crippen LogP contribution >= 0.6 is 0 Å². The molecule has 39 heavy (non-hydrogen) atoms. The highest BCUT2D eigenvalue weighted by Gasteiger charge is 2.72. The largest absolute Gasteiger partial charge is 0.497 e. The number of benzene rings is 4. The van der Waals surface area contributed by atoms with Gasteiger partial charge in [-0.3, -0.25) is 24.5 Å². The van der Waals surface area contributed by atoms with Crippen molar-refractivity contribution >= 4 is 28.9 Å². The van der Waals surface area contributed by atoms with Gasteiger partial charge in [-0.2, -0.15) is 0 Å². The first-order valence-corrected chi connectivity index (χ1v) is 12.3. The number of hydroxylamine groups is 1. The molecule has 4 aromatic carbocycles. The SMILES string of the molecule is COc1ccc([C@H]2N(c3ccccc3)O[C@@H]3C(=O)N(c4cccc([N+](=O)[O-])c4)C(=O)[C@@]32c2ccccc2)cc1. The van der Waals surface area contributed by atoms with Gasteiger partial charge in [0.15, 0.2) is 6.10 Å². The third-order valence-corrected chi connectivity index (χ3v) is 7.29. The van der Waals surface area contributed by atoms with E-state index in [4.69, 9.17) is 9.57 Å². The molecular formula is C30H23N3O6. The number of imide groups is 1. The first kappa shape index (κ1) is 24.3. The van der Waals surface area contributed by atoms with Crippen molar-refractivity contribution in [2.45, 2.75) is 17.6 Å². The standard InChI is InChI=1S/C30H23N3O6/c1-38-25-17-15-20(16-18-25)26-30(21-9-4-2-5-10-21)27(39-32(26)22-11-6-3-7-12-22)28(34)31(29(30)35)23-13-8-14-24(19-23)33(36)37/h2-19,26-27H,1H3/t26-,27-,30-/m1/s1. The zero-order chi connectivity index (χ0) is 27.1. The number of nitrogens with zero attached hydrogens (tertiary/aromatic N) is 3. The number of non-ortho nitro benzene ring substituents is 1. The number of ether oxygens (including phenoxy) is 1. The van der Waals surface area contributed by atoms with Crippen LogP contribution in [0.15, 0.2) is 109 Å². The smallest absolute Gasteiger partial charge is 0.271 e. The van der Waals surface area contributed by atoms with Crippen LogP contribution in [0.4, 0.5) is 17.1 Å². The van der Waals surface area contributed by atoms with Crippen molar-refractivity contribution in [1.29, 1.82) is 0 Å². The predicted molar refractivity (Wildman–Crippen MR) is 143 cm³/mol. The van der Waals surface area contributed by atoms with E-state index in [-0.39, 0.29) is 11.4 Å². The maximum atomic E-state index is 14.7. The highest BCUT2D eigenvalue weighted by molar-refractivity contribution is 6.28. The fourth-order valence-electron chi connectivity index (χ4n) is 5.56. The number of carbonyl (C=O) groups is 2. The van der Waals surface area contributed by atoms with E-state index < -0.39 is 34.3 Å². The Labute approximate surface area is 223 Å². The molecule has 9 nitrogen and oxygen atoms in total. The lowest BCUT2D eigenvalue weighted by molar-refractivity contribution is -0.384. The second-order valence-electron chi connectivity index (χ2n) is 9.31. The lowest BCUT2D eigenvalue weighted by atomic mass is 9.69. The zero-order valence-electron chi connectivity index (χ0n) is 20.8. The summed E-state index contributed by atoms with van der Waals surface area (Å²) in [6.45, 7) is 0. The van der Waals surface area contributed by atoms with Gasteiger partial charge in [0.1, 0.15) is 17.2 Å². The Hall–Kier alpha value is -5.02. The van der Waals surface area contributed by atoms with E-state index in [2.05, 4.69) is 0 Å². The summed E-state index contributed by atoms with van der Waals surface area (Å²) in [5.41, 5.74) is 0.400. The first-order valence-electron chi connectivity index (χ1n) is 12.3. The highest BCUT2D eigenvalue weighted by atomic mass is 16.7. The van der Waals surface area contributed by atoms with E-state index in [0.29, 0.717) is 17.0 Å². The molecule has 9 heteroatoms. The summed E-state index contributed by atoms with van der Waals surface area (Å²) < 4.78 is 5.35. The number of nitro benzene ring substituents is 1. The Morgan fingerprint density at radius 1 is 0.846 bits per heavy atom. The average molecular weight is 522 g/mol. The molecule has 0 saturated carbocycles. The van der Waals surface area contributed by atoms with Gasteiger partial charge in [0.2, 0.25) is 5.91 Å². The molecule has 0 unspecified atom stereocenters. The van der Waals surface area contributed by atoms with Gasteiger partial charge in [0, 0.05) is 12.1 Å². The summed E-state index contributed by atoms with van der Waals surface area (Å²) >= 11 is 0. The van der Waals surface area contributed by atoms with E-state index in [9.17, 15) is 19.7 Å². The lowest BCUT2D eigenvalue weighted by Crippen LogP contribution is -2.46. The third-order valence-electron chi connectivity index (χ3n) is 7.29. The first-order chi connectivity index (χ1) is 19.0. The second-order valence-corrected chi connectivity index (χ2v) is 9.31. The number of para-hydroxylation sites is 1. The number of amides is 2. The molecule has 4 aromatic rings. The molecule has 0 aromatic heterocycles. The molecule has 2 aliphatic heterocycles. The summed E-state index contributed by atoms with van der Waals surface area (Å²) in [7, 11) is 1.57. The lowest BCUT2D eigenvalue weighted by Gasteiger charge is -2.35. The van der Waals surface area contributed by atoms with Crippen molar-refractivity contribution < 1.29 is 24.1 Å². The number of anilines is 2.